The van der Waals surface area contributed by atoms with E-state index < -0.39 is 0 Å². The molecule has 37 heavy (non-hydrogen) atoms. The lowest BCUT2D eigenvalue weighted by Gasteiger charge is -2.15. The molecule has 0 aliphatic rings. The van der Waals surface area contributed by atoms with Gasteiger partial charge in [-0.2, -0.15) is 5.26 Å². The van der Waals surface area contributed by atoms with Gasteiger partial charge in [0.25, 0.3) is 0 Å². The molecule has 1 N–H and O–H groups in total. The number of pyridine rings is 1. The van der Waals surface area contributed by atoms with E-state index in [1.807, 2.05) is 54.2 Å². The fraction of sp³-hybridized carbons (Fsp3) is 0.226. The molecule has 0 aliphatic heterocycles. The van der Waals surface area contributed by atoms with Gasteiger partial charge in [0, 0.05) is 36.4 Å². The van der Waals surface area contributed by atoms with E-state index in [2.05, 4.69) is 78.3 Å². The van der Waals surface area contributed by atoms with E-state index in [4.69, 9.17) is 5.26 Å². The molecule has 0 atom stereocenters. The summed E-state index contributed by atoms with van der Waals surface area (Å²) in [5.41, 5.74) is 10.5. The number of fused-ring (bicyclic) bond motifs is 1. The lowest BCUT2D eigenvalue weighted by Crippen LogP contribution is -2.07. The predicted molar refractivity (Wildman–Crippen MR) is 151 cm³/mol. The Morgan fingerprint density at radius 3 is 2.54 bits per heavy atom. The van der Waals surface area contributed by atoms with Crippen LogP contribution in [0.5, 0.6) is 0 Å². The molecule has 0 saturated carbocycles. The van der Waals surface area contributed by atoms with Crippen LogP contribution in [0.25, 0.3) is 22.5 Å². The van der Waals surface area contributed by atoms with Crippen molar-refractivity contribution < 1.29 is 0 Å². The molecule has 3 aromatic heterocycles. The highest BCUT2D eigenvalue weighted by atomic mass is 15.1. The van der Waals surface area contributed by atoms with E-state index in [0.29, 0.717) is 12.1 Å². The summed E-state index contributed by atoms with van der Waals surface area (Å²) in [6, 6.07) is 13.9. The zero-order valence-electron chi connectivity index (χ0n) is 22.1. The van der Waals surface area contributed by atoms with E-state index in [1.165, 1.54) is 22.3 Å². The maximum Gasteiger partial charge on any atom is 0.180 e. The maximum atomic E-state index is 9.09. The van der Waals surface area contributed by atoms with Gasteiger partial charge in [-0.15, -0.1) is 0 Å². The van der Waals surface area contributed by atoms with Crippen molar-refractivity contribution in [3.63, 3.8) is 0 Å². The number of aryl methyl sites for hydroxylation is 1. The van der Waals surface area contributed by atoms with Gasteiger partial charge in [-0.25, -0.2) is 9.97 Å². The Hall–Kier alpha value is -4.50. The standard InChI is InChI=1S/C31H32N6/c1-6-21(3)29(27-12-13-33-23(5)17-27)22(4)16-24(7-2)19-35-30-31-36-20-28(37(31)15-14-34-30)26-10-8-25(18-32)9-11-26/h7-17,20H,6,19H2,1-5H3,(H,34,35)/b22-16-,24-7+,29-21-. The normalized spacial score (nSPS) is 12.9. The number of hydrogen-bond acceptors (Lipinski definition) is 5. The third-order valence-electron chi connectivity index (χ3n) is 6.51. The molecule has 0 bridgehead atoms. The first-order valence-corrected chi connectivity index (χ1v) is 12.5. The van der Waals surface area contributed by atoms with Crippen molar-refractivity contribution in [3.8, 4) is 17.3 Å². The van der Waals surface area contributed by atoms with Gasteiger partial charge in [-0.05, 0) is 80.7 Å². The van der Waals surface area contributed by atoms with Crippen molar-refractivity contribution in [3.05, 3.63) is 107 Å². The SMILES string of the molecule is C\C=C(/C=C(C)\C(=C(/C)CC)c1ccnc(C)c1)CNc1nccn2c(-c3ccc(C#N)cc3)cnc12. The van der Waals surface area contributed by atoms with Crippen molar-refractivity contribution in [2.75, 3.05) is 11.9 Å². The van der Waals surface area contributed by atoms with Crippen LogP contribution in [0.1, 0.15) is 50.9 Å². The molecular formula is C31H32N6. The van der Waals surface area contributed by atoms with Crippen LogP contribution >= 0.6 is 0 Å². The van der Waals surface area contributed by atoms with Crippen LogP contribution in [0.4, 0.5) is 5.82 Å². The molecule has 4 aromatic rings. The average Bonchev–Trinajstić information content (AvgIpc) is 3.36. The van der Waals surface area contributed by atoms with E-state index >= 15 is 0 Å². The second-order valence-electron chi connectivity index (χ2n) is 9.04. The fourth-order valence-corrected chi connectivity index (χ4v) is 4.43. The third kappa shape index (κ3) is 5.68. The van der Waals surface area contributed by atoms with Crippen molar-refractivity contribution >= 4 is 17.0 Å². The Balaban J connectivity index is 1.59. The third-order valence-corrected chi connectivity index (χ3v) is 6.51. The largest absolute Gasteiger partial charge is 0.363 e. The van der Waals surface area contributed by atoms with Gasteiger partial charge < -0.3 is 5.32 Å². The molecule has 0 radical (unpaired) electrons. The molecular weight excluding hydrogens is 456 g/mol. The summed E-state index contributed by atoms with van der Waals surface area (Å²) in [7, 11) is 0. The van der Waals surface area contributed by atoms with Crippen LogP contribution in [0, 0.1) is 18.3 Å². The summed E-state index contributed by atoms with van der Waals surface area (Å²) < 4.78 is 2.02. The molecule has 0 fully saturated rings. The van der Waals surface area contributed by atoms with Gasteiger partial charge in [-0.3, -0.25) is 9.38 Å². The Bertz CT molecular complexity index is 1540. The Labute approximate surface area is 218 Å². The number of nitrogens with zero attached hydrogens (tertiary/aromatic N) is 5. The highest BCUT2D eigenvalue weighted by Crippen LogP contribution is 2.29. The fourth-order valence-electron chi connectivity index (χ4n) is 4.43. The summed E-state index contributed by atoms with van der Waals surface area (Å²) >= 11 is 0. The Morgan fingerprint density at radius 2 is 1.86 bits per heavy atom. The van der Waals surface area contributed by atoms with Crippen LogP contribution in [0.3, 0.4) is 0 Å². The van der Waals surface area contributed by atoms with Crippen molar-refractivity contribution in [2.45, 2.75) is 41.0 Å². The van der Waals surface area contributed by atoms with E-state index in [0.717, 1.165) is 40.4 Å². The topological polar surface area (TPSA) is 78.9 Å². The van der Waals surface area contributed by atoms with Crippen LogP contribution in [-0.2, 0) is 0 Å². The number of aromatic nitrogens is 4. The molecule has 0 saturated heterocycles. The van der Waals surface area contributed by atoms with Crippen molar-refractivity contribution in [1.29, 1.82) is 5.26 Å². The second kappa shape index (κ2) is 11.5. The molecule has 0 aliphatic carbocycles. The second-order valence-corrected chi connectivity index (χ2v) is 9.04. The molecule has 186 valence electrons. The number of allylic oxidation sites excluding steroid dienone is 4. The summed E-state index contributed by atoms with van der Waals surface area (Å²) in [5.74, 6) is 0.720. The quantitative estimate of drug-likeness (QED) is 0.266. The molecule has 6 heteroatoms. The highest BCUT2D eigenvalue weighted by Gasteiger charge is 2.12. The van der Waals surface area contributed by atoms with Crippen LogP contribution < -0.4 is 5.32 Å². The van der Waals surface area contributed by atoms with Gasteiger partial charge in [-0.1, -0.05) is 36.8 Å². The van der Waals surface area contributed by atoms with Gasteiger partial charge in [0.1, 0.15) is 0 Å². The zero-order valence-corrected chi connectivity index (χ0v) is 22.1. The summed E-state index contributed by atoms with van der Waals surface area (Å²) in [6.07, 6.45) is 12.7. The van der Waals surface area contributed by atoms with E-state index in [9.17, 15) is 0 Å². The minimum atomic E-state index is 0.618. The summed E-state index contributed by atoms with van der Waals surface area (Å²) in [4.78, 5) is 13.6. The average molecular weight is 489 g/mol. The first-order valence-electron chi connectivity index (χ1n) is 12.5. The van der Waals surface area contributed by atoms with Gasteiger partial charge >= 0.3 is 0 Å². The molecule has 0 amide bonds. The molecule has 4 rings (SSSR count). The first kappa shape index (κ1) is 25.6. The number of nitrogens with one attached hydrogen (secondary N) is 1. The maximum absolute atomic E-state index is 9.09. The molecule has 1 aromatic carbocycles. The van der Waals surface area contributed by atoms with Crippen molar-refractivity contribution in [2.24, 2.45) is 0 Å². The smallest absolute Gasteiger partial charge is 0.180 e. The number of benzene rings is 1. The Morgan fingerprint density at radius 1 is 1.08 bits per heavy atom. The van der Waals surface area contributed by atoms with E-state index in [1.54, 1.807) is 6.20 Å². The van der Waals surface area contributed by atoms with Crippen molar-refractivity contribution in [1.82, 2.24) is 19.4 Å². The highest BCUT2D eigenvalue weighted by molar-refractivity contribution is 5.81. The first-order chi connectivity index (χ1) is 17.9. The lowest BCUT2D eigenvalue weighted by atomic mass is 9.92. The molecule has 0 unspecified atom stereocenters. The minimum absolute atomic E-state index is 0.618. The number of anilines is 1. The van der Waals surface area contributed by atoms with Crippen LogP contribution in [-0.4, -0.2) is 25.9 Å². The Kier molecular flexibility index (Phi) is 7.95. The number of nitriles is 1. The monoisotopic (exact) mass is 488 g/mol. The predicted octanol–water partition coefficient (Wildman–Crippen LogP) is 7.16. The summed E-state index contributed by atoms with van der Waals surface area (Å²) in [5, 5.41) is 12.6. The van der Waals surface area contributed by atoms with Gasteiger partial charge in [0.15, 0.2) is 11.5 Å². The van der Waals surface area contributed by atoms with Crippen LogP contribution in [0.2, 0.25) is 0 Å². The van der Waals surface area contributed by atoms with E-state index in [-0.39, 0.29) is 0 Å². The van der Waals surface area contributed by atoms with Gasteiger partial charge in [0.2, 0.25) is 0 Å². The lowest BCUT2D eigenvalue weighted by molar-refractivity contribution is 1.09. The number of imidazole rings is 1. The minimum Gasteiger partial charge on any atom is -0.363 e. The van der Waals surface area contributed by atoms with Crippen LogP contribution in [0.15, 0.2) is 90.1 Å². The number of hydrogen-bond donors (Lipinski definition) is 1. The molecule has 3 heterocycles. The zero-order chi connectivity index (χ0) is 26.4. The summed E-state index contributed by atoms with van der Waals surface area (Å²) in [6.45, 7) is 11.3. The molecule has 6 nitrogen and oxygen atoms in total. The number of rotatable bonds is 8. The van der Waals surface area contributed by atoms with Gasteiger partial charge in [0.05, 0.1) is 23.5 Å². The molecule has 0 spiro atoms.